The maximum Gasteiger partial charge on any atom is 0.389 e. The molecule has 0 fully saturated rings. The van der Waals surface area contributed by atoms with Crippen LogP contribution in [0.5, 0.6) is 5.75 Å². The number of benzene rings is 2. The minimum Gasteiger partial charge on any atom is -0.397 e. The van der Waals surface area contributed by atoms with Crippen molar-refractivity contribution < 1.29 is 25.8 Å². The molecule has 25 heavy (non-hydrogen) atoms. The summed E-state index contributed by atoms with van der Waals surface area (Å²) in [7, 11) is -4.13. The highest BCUT2D eigenvalue weighted by Gasteiger charge is 2.27. The Morgan fingerprint density at radius 3 is 2.48 bits per heavy atom. The first-order chi connectivity index (χ1) is 11.6. The lowest BCUT2D eigenvalue weighted by molar-refractivity contribution is -0.134. The molecule has 0 spiro atoms. The highest BCUT2D eigenvalue weighted by molar-refractivity contribution is 7.87. The molecule has 0 atom stereocenters. The summed E-state index contributed by atoms with van der Waals surface area (Å²) >= 11 is 5.96. The summed E-state index contributed by atoms with van der Waals surface area (Å²) in [6.07, 6.45) is -6.15. The van der Waals surface area contributed by atoms with E-state index in [1.165, 1.54) is 12.1 Å². The van der Waals surface area contributed by atoms with Crippen LogP contribution in [0.15, 0.2) is 42.5 Å². The molecular weight excluding hydrogens is 379 g/mol. The van der Waals surface area contributed by atoms with Crippen LogP contribution >= 0.6 is 11.6 Å². The van der Waals surface area contributed by atoms with Crippen LogP contribution in [0.2, 0.25) is 5.02 Å². The Balaban J connectivity index is 2.15. The minimum absolute atomic E-state index is 0.0103. The Morgan fingerprint density at radius 2 is 1.80 bits per heavy atom. The standard InChI is InChI=1S/C16H15ClF3NO3S/c17-14-7-2-6-13(15(14)21)11-4-1-5-12(10-11)24-25(22,23)9-3-8-16(18,19)20/h1-2,4-7,10H,3,8-9,21H2. The number of rotatable bonds is 6. The van der Waals surface area contributed by atoms with Gasteiger partial charge in [-0.15, -0.1) is 0 Å². The molecule has 136 valence electrons. The first kappa shape index (κ1) is 19.4. The van der Waals surface area contributed by atoms with Crippen molar-refractivity contribution in [2.24, 2.45) is 0 Å². The molecule has 2 aromatic rings. The van der Waals surface area contributed by atoms with Gasteiger partial charge in [-0.3, -0.25) is 0 Å². The van der Waals surface area contributed by atoms with Gasteiger partial charge in [0.1, 0.15) is 5.75 Å². The van der Waals surface area contributed by atoms with Gasteiger partial charge < -0.3 is 9.92 Å². The van der Waals surface area contributed by atoms with Crippen LogP contribution in [-0.4, -0.2) is 20.3 Å². The quantitative estimate of drug-likeness (QED) is 0.573. The van der Waals surface area contributed by atoms with Gasteiger partial charge in [0.05, 0.1) is 16.5 Å². The van der Waals surface area contributed by atoms with E-state index in [4.69, 9.17) is 21.5 Å². The first-order valence-corrected chi connectivity index (χ1v) is 9.16. The smallest absolute Gasteiger partial charge is 0.389 e. The molecule has 0 aliphatic carbocycles. The van der Waals surface area contributed by atoms with Gasteiger partial charge in [0.2, 0.25) is 0 Å². The van der Waals surface area contributed by atoms with Crippen molar-refractivity contribution in [2.45, 2.75) is 19.0 Å². The monoisotopic (exact) mass is 393 g/mol. The zero-order valence-electron chi connectivity index (χ0n) is 12.9. The van der Waals surface area contributed by atoms with E-state index in [0.29, 0.717) is 21.8 Å². The third kappa shape index (κ3) is 5.82. The molecule has 0 saturated heterocycles. The number of para-hydroxylation sites is 1. The van der Waals surface area contributed by atoms with Crippen LogP contribution in [0.3, 0.4) is 0 Å². The predicted octanol–water partition coefficient (Wildman–Crippen LogP) is 4.64. The van der Waals surface area contributed by atoms with Crippen molar-refractivity contribution in [1.82, 2.24) is 0 Å². The summed E-state index contributed by atoms with van der Waals surface area (Å²) in [6, 6.07) is 11.1. The molecule has 0 aliphatic heterocycles. The number of hydrogen-bond acceptors (Lipinski definition) is 4. The number of nitrogens with two attached hydrogens (primary N) is 1. The molecule has 0 radical (unpaired) electrons. The van der Waals surface area contributed by atoms with Crippen LogP contribution in [0, 0.1) is 0 Å². The van der Waals surface area contributed by atoms with Crippen LogP contribution in [-0.2, 0) is 10.1 Å². The molecule has 0 bridgehead atoms. The van der Waals surface area contributed by atoms with E-state index in [9.17, 15) is 21.6 Å². The van der Waals surface area contributed by atoms with E-state index in [-0.39, 0.29) is 5.75 Å². The summed E-state index contributed by atoms with van der Waals surface area (Å²) < 4.78 is 64.8. The molecule has 9 heteroatoms. The van der Waals surface area contributed by atoms with Crippen LogP contribution in [0.4, 0.5) is 18.9 Å². The summed E-state index contributed by atoms with van der Waals surface area (Å²) in [6.45, 7) is 0. The van der Waals surface area contributed by atoms with E-state index in [1.54, 1.807) is 30.3 Å². The molecule has 0 aromatic heterocycles. The van der Waals surface area contributed by atoms with Crippen molar-refractivity contribution in [3.8, 4) is 16.9 Å². The zero-order chi connectivity index (χ0) is 18.7. The highest BCUT2D eigenvalue weighted by atomic mass is 35.5. The van der Waals surface area contributed by atoms with E-state index in [2.05, 4.69) is 0 Å². The molecular formula is C16H15ClF3NO3S. The highest BCUT2D eigenvalue weighted by Crippen LogP contribution is 2.33. The lowest BCUT2D eigenvalue weighted by Gasteiger charge is -2.11. The van der Waals surface area contributed by atoms with Gasteiger partial charge in [0.15, 0.2) is 0 Å². The third-order valence-corrected chi connectivity index (χ3v) is 4.84. The minimum atomic E-state index is -4.40. The molecule has 0 aliphatic rings. The Bertz CT molecular complexity index is 854. The van der Waals surface area contributed by atoms with Crippen LogP contribution in [0.25, 0.3) is 11.1 Å². The van der Waals surface area contributed by atoms with E-state index in [1.807, 2.05) is 0 Å². The van der Waals surface area contributed by atoms with Gasteiger partial charge in [-0.2, -0.15) is 21.6 Å². The average Bonchev–Trinajstić information content (AvgIpc) is 2.48. The van der Waals surface area contributed by atoms with Crippen molar-refractivity contribution in [2.75, 3.05) is 11.5 Å². The zero-order valence-corrected chi connectivity index (χ0v) is 14.5. The second kappa shape index (κ2) is 7.53. The topological polar surface area (TPSA) is 69.4 Å². The molecule has 0 heterocycles. The van der Waals surface area contributed by atoms with Gasteiger partial charge in [0.25, 0.3) is 0 Å². The van der Waals surface area contributed by atoms with Crippen molar-refractivity contribution in [3.63, 3.8) is 0 Å². The fourth-order valence-electron chi connectivity index (χ4n) is 2.14. The van der Waals surface area contributed by atoms with Gasteiger partial charge in [-0.1, -0.05) is 35.9 Å². The number of anilines is 1. The normalized spacial score (nSPS) is 12.2. The molecule has 2 rings (SSSR count). The summed E-state index contributed by atoms with van der Waals surface area (Å²) in [5.74, 6) is -0.736. The second-order valence-corrected chi connectivity index (χ2v) is 7.39. The maximum absolute atomic E-state index is 12.1. The van der Waals surface area contributed by atoms with E-state index >= 15 is 0 Å². The maximum atomic E-state index is 12.1. The number of hydrogen-bond donors (Lipinski definition) is 1. The van der Waals surface area contributed by atoms with Crippen LogP contribution in [0.1, 0.15) is 12.8 Å². The molecule has 4 nitrogen and oxygen atoms in total. The summed E-state index contributed by atoms with van der Waals surface area (Å²) in [5.41, 5.74) is 7.39. The molecule has 0 saturated carbocycles. The van der Waals surface area contributed by atoms with Crippen molar-refractivity contribution in [1.29, 1.82) is 0 Å². The van der Waals surface area contributed by atoms with Gasteiger partial charge in [0, 0.05) is 12.0 Å². The SMILES string of the molecule is Nc1c(Cl)cccc1-c1cccc(OS(=O)(=O)CCCC(F)(F)F)c1. The van der Waals surface area contributed by atoms with Gasteiger partial charge >= 0.3 is 16.3 Å². The fraction of sp³-hybridized carbons (Fsp3) is 0.250. The van der Waals surface area contributed by atoms with E-state index < -0.39 is 34.9 Å². The Labute approximate surface area is 148 Å². The van der Waals surface area contributed by atoms with Gasteiger partial charge in [-0.25, -0.2) is 0 Å². The lowest BCUT2D eigenvalue weighted by Crippen LogP contribution is -2.16. The predicted molar refractivity (Wildman–Crippen MR) is 91.0 cm³/mol. The number of halogens is 4. The lowest BCUT2D eigenvalue weighted by atomic mass is 10.0. The summed E-state index contributed by atoms with van der Waals surface area (Å²) in [4.78, 5) is 0. The number of nitrogen functional groups attached to an aromatic ring is 1. The number of alkyl halides is 3. The van der Waals surface area contributed by atoms with Crippen molar-refractivity contribution >= 4 is 27.4 Å². The fourth-order valence-corrected chi connectivity index (χ4v) is 3.29. The summed E-state index contributed by atoms with van der Waals surface area (Å²) in [5, 5.41) is 0.351. The van der Waals surface area contributed by atoms with Crippen molar-refractivity contribution in [3.05, 3.63) is 47.5 Å². The molecule has 0 unspecified atom stereocenters. The second-order valence-electron chi connectivity index (χ2n) is 5.29. The molecule has 2 N–H and O–H groups in total. The largest absolute Gasteiger partial charge is 0.397 e. The first-order valence-electron chi connectivity index (χ1n) is 7.21. The molecule has 0 amide bonds. The third-order valence-electron chi connectivity index (χ3n) is 3.28. The molecule has 2 aromatic carbocycles. The Morgan fingerprint density at radius 1 is 1.12 bits per heavy atom. The van der Waals surface area contributed by atoms with Gasteiger partial charge in [-0.05, 0) is 30.2 Å². The van der Waals surface area contributed by atoms with Crippen LogP contribution < -0.4 is 9.92 Å². The Kier molecular flexibility index (Phi) is 5.84. The Hall–Kier alpha value is -1.93. The average molecular weight is 394 g/mol. The van der Waals surface area contributed by atoms with E-state index in [0.717, 1.165) is 0 Å².